The van der Waals surface area contributed by atoms with Gasteiger partial charge in [-0.2, -0.15) is 4.99 Å². The van der Waals surface area contributed by atoms with Crippen molar-refractivity contribution in [3.8, 4) is 11.5 Å². The molecule has 3 aliphatic heterocycles. The molecule has 1 unspecified atom stereocenters. The van der Waals surface area contributed by atoms with Gasteiger partial charge in [-0.1, -0.05) is 6.07 Å². The first-order chi connectivity index (χ1) is 20.8. The number of aliphatic imine (C=N–C) groups is 2. The van der Waals surface area contributed by atoms with Crippen molar-refractivity contribution >= 4 is 40.6 Å². The minimum Gasteiger partial charge on any atom is -0.496 e. The zero-order chi connectivity index (χ0) is 30.3. The lowest BCUT2D eigenvalue weighted by atomic mass is 9.92. The number of amidine groups is 1. The molecule has 0 saturated carbocycles. The molecule has 2 amide bonds. The number of amides is 2. The third-order valence-corrected chi connectivity index (χ3v) is 8.60. The maximum atomic E-state index is 13.4. The predicted octanol–water partition coefficient (Wildman–Crippen LogP) is 4.90. The zero-order valence-electron chi connectivity index (χ0n) is 25.0. The summed E-state index contributed by atoms with van der Waals surface area (Å²) in [6, 6.07) is 13.3. The van der Waals surface area contributed by atoms with Gasteiger partial charge in [-0.25, -0.2) is 9.28 Å². The molecule has 4 heterocycles. The Kier molecular flexibility index (Phi) is 7.26. The van der Waals surface area contributed by atoms with Crippen LogP contribution in [0.5, 0.6) is 11.5 Å². The highest BCUT2D eigenvalue weighted by Gasteiger charge is 2.45. The fourth-order valence-corrected chi connectivity index (χ4v) is 6.20. The number of anilines is 1. The summed E-state index contributed by atoms with van der Waals surface area (Å²) in [5.41, 5.74) is 4.81. The van der Waals surface area contributed by atoms with Crippen LogP contribution in [0, 0.1) is 5.92 Å². The van der Waals surface area contributed by atoms with E-state index >= 15 is 0 Å². The fourth-order valence-electron chi connectivity index (χ4n) is 6.20. The zero-order valence-corrected chi connectivity index (χ0v) is 25.0. The number of piperidine rings is 1. The molecular weight excluding hydrogens is 548 g/mol. The monoisotopic (exact) mass is 583 g/mol. The summed E-state index contributed by atoms with van der Waals surface area (Å²) in [6.45, 7) is 1.22. The lowest BCUT2D eigenvalue weighted by Crippen LogP contribution is -2.43. The number of aryl methyl sites for hydroxylation is 1. The van der Waals surface area contributed by atoms with E-state index in [1.165, 1.54) is 7.11 Å². The number of fused-ring (bicyclic) bond motifs is 2. The van der Waals surface area contributed by atoms with Crippen molar-refractivity contribution in [2.45, 2.75) is 12.8 Å². The minimum atomic E-state index is -0.297. The molecule has 3 aliphatic rings. The van der Waals surface area contributed by atoms with Crippen LogP contribution < -0.4 is 14.8 Å². The second kappa shape index (κ2) is 11.1. The number of nitrogens with one attached hydrogen (secondary N) is 1. The molecular formula is C32H35N6O5+. The van der Waals surface area contributed by atoms with Gasteiger partial charge in [0.2, 0.25) is 5.84 Å². The molecule has 1 N–H and O–H groups in total. The maximum Gasteiger partial charge on any atom is 0.409 e. The van der Waals surface area contributed by atoms with Gasteiger partial charge in [-0.15, -0.1) is 0 Å². The molecule has 1 fully saturated rings. The number of hydrogen-bond donors (Lipinski definition) is 1. The molecule has 0 radical (unpaired) electrons. The van der Waals surface area contributed by atoms with Crippen LogP contribution in [-0.2, 0) is 11.8 Å². The summed E-state index contributed by atoms with van der Waals surface area (Å²) in [4.78, 5) is 36.8. The number of carbonyl (C=O) groups excluding carboxylic acids is 2. The van der Waals surface area contributed by atoms with E-state index in [1.54, 1.807) is 25.3 Å². The molecule has 0 spiro atoms. The molecule has 1 saturated heterocycles. The van der Waals surface area contributed by atoms with E-state index in [4.69, 9.17) is 19.2 Å². The van der Waals surface area contributed by atoms with E-state index in [9.17, 15) is 9.59 Å². The van der Waals surface area contributed by atoms with Crippen molar-refractivity contribution in [1.29, 1.82) is 0 Å². The van der Waals surface area contributed by atoms with Gasteiger partial charge in [0.25, 0.3) is 5.91 Å². The van der Waals surface area contributed by atoms with Gasteiger partial charge in [0, 0.05) is 31.4 Å². The Morgan fingerprint density at radius 1 is 1.02 bits per heavy atom. The van der Waals surface area contributed by atoms with Gasteiger partial charge in [0.1, 0.15) is 29.1 Å². The Balaban J connectivity index is 1.28. The summed E-state index contributed by atoms with van der Waals surface area (Å²) >= 11 is 0. The van der Waals surface area contributed by atoms with Crippen LogP contribution in [0.1, 0.15) is 28.9 Å². The van der Waals surface area contributed by atoms with Gasteiger partial charge in [-0.3, -0.25) is 9.79 Å². The van der Waals surface area contributed by atoms with Gasteiger partial charge in [-0.05, 0) is 49.2 Å². The third-order valence-electron chi connectivity index (χ3n) is 8.60. The van der Waals surface area contributed by atoms with Crippen molar-refractivity contribution in [1.82, 2.24) is 9.47 Å². The second-order valence-corrected chi connectivity index (χ2v) is 10.9. The lowest BCUT2D eigenvalue weighted by molar-refractivity contribution is -0.713. The van der Waals surface area contributed by atoms with E-state index in [-0.39, 0.29) is 17.9 Å². The van der Waals surface area contributed by atoms with Crippen molar-refractivity contribution in [2.24, 2.45) is 23.0 Å². The lowest BCUT2D eigenvalue weighted by Gasteiger charge is -2.31. The van der Waals surface area contributed by atoms with E-state index < -0.39 is 0 Å². The molecule has 43 heavy (non-hydrogen) atoms. The quantitative estimate of drug-likeness (QED) is 0.416. The molecule has 11 nitrogen and oxygen atoms in total. The standard InChI is InChI=1S/C32H34N6O5/c1-36-24-7-6-8-27(41-3)22(24)18-25(36)31(39)34-23-10-9-21(17-28(23)42-4)30-35-29(26-19-33-13-16-38(26,30)2)20-11-14-37(15-12-20)32(40)43-5/h6-10,13,16-20H,11-12,14-15H2,1-5H3/p+1. The number of hydrogen-bond acceptors (Lipinski definition) is 7. The minimum absolute atomic E-state index is 0.184. The number of carbonyl (C=O) groups is 2. The Morgan fingerprint density at radius 3 is 2.51 bits per heavy atom. The van der Waals surface area contributed by atoms with Crippen LogP contribution in [0.4, 0.5) is 10.5 Å². The topological polar surface area (TPSA) is 107 Å². The van der Waals surface area contributed by atoms with Crippen molar-refractivity contribution in [2.75, 3.05) is 46.8 Å². The molecule has 1 aromatic heterocycles. The number of likely N-dealkylation sites (tertiary alicyclic amines) is 1. The summed E-state index contributed by atoms with van der Waals surface area (Å²) in [5.74, 6) is 1.99. The largest absolute Gasteiger partial charge is 0.496 e. The summed E-state index contributed by atoms with van der Waals surface area (Å²) in [7, 11) is 8.55. The molecule has 2 aromatic carbocycles. The molecule has 0 aliphatic carbocycles. The Bertz CT molecular complexity index is 1740. The van der Waals surface area contributed by atoms with Crippen LogP contribution in [0.3, 0.4) is 0 Å². The maximum absolute atomic E-state index is 13.4. The predicted molar refractivity (Wildman–Crippen MR) is 164 cm³/mol. The molecule has 222 valence electrons. The van der Waals surface area contributed by atoms with Gasteiger partial charge in [0.15, 0.2) is 5.70 Å². The number of aromatic nitrogens is 1. The smallest absolute Gasteiger partial charge is 0.409 e. The van der Waals surface area contributed by atoms with E-state index in [1.807, 2.05) is 66.5 Å². The van der Waals surface area contributed by atoms with Gasteiger partial charge < -0.3 is 29.0 Å². The van der Waals surface area contributed by atoms with Crippen LogP contribution in [0.25, 0.3) is 10.9 Å². The highest BCUT2D eigenvalue weighted by atomic mass is 16.5. The Labute approximate surface area is 249 Å². The molecule has 3 aromatic rings. The normalized spacial score (nSPS) is 19.8. The summed E-state index contributed by atoms with van der Waals surface area (Å²) in [5, 5.41) is 3.89. The number of quaternary nitrogens is 1. The van der Waals surface area contributed by atoms with E-state index in [0.717, 1.165) is 46.5 Å². The third kappa shape index (κ3) is 4.75. The number of nitrogens with zero attached hydrogens (tertiary/aromatic N) is 5. The van der Waals surface area contributed by atoms with E-state index in [0.29, 0.717) is 40.5 Å². The summed E-state index contributed by atoms with van der Waals surface area (Å²) in [6.07, 6.45) is 6.96. The average Bonchev–Trinajstić information content (AvgIpc) is 3.55. The number of benzene rings is 2. The Hall–Kier alpha value is -4.90. The first-order valence-corrected chi connectivity index (χ1v) is 14.1. The number of ether oxygens (including phenoxy) is 3. The molecule has 11 heteroatoms. The number of rotatable bonds is 6. The molecule has 6 rings (SSSR count). The Morgan fingerprint density at radius 2 is 1.79 bits per heavy atom. The van der Waals surface area contributed by atoms with Crippen LogP contribution in [-0.4, -0.2) is 79.5 Å². The first kappa shape index (κ1) is 28.2. The van der Waals surface area contributed by atoms with Crippen LogP contribution in [0.15, 0.2) is 76.2 Å². The second-order valence-electron chi connectivity index (χ2n) is 10.9. The van der Waals surface area contributed by atoms with Crippen molar-refractivity contribution in [3.05, 3.63) is 77.5 Å². The number of methoxy groups -OCH3 is 3. The molecule has 1 atom stereocenters. The van der Waals surface area contributed by atoms with Crippen LogP contribution in [0.2, 0.25) is 0 Å². The number of allylic oxidation sites excluding steroid dienone is 2. The first-order valence-electron chi connectivity index (χ1n) is 14.1. The fraction of sp³-hybridized carbons (Fsp3) is 0.312. The van der Waals surface area contributed by atoms with E-state index in [2.05, 4.69) is 17.4 Å². The van der Waals surface area contributed by atoms with Crippen molar-refractivity contribution in [3.63, 3.8) is 0 Å². The van der Waals surface area contributed by atoms with Gasteiger partial charge in [0.05, 0.1) is 57.6 Å². The molecule has 0 bridgehead atoms. The highest BCUT2D eigenvalue weighted by molar-refractivity contribution is 6.08. The summed E-state index contributed by atoms with van der Waals surface area (Å²) < 4.78 is 18.4. The highest BCUT2D eigenvalue weighted by Crippen LogP contribution is 2.40. The average molecular weight is 584 g/mol. The van der Waals surface area contributed by atoms with Crippen LogP contribution >= 0.6 is 0 Å². The SMILES string of the molecule is COC(=O)N1CCC(C2=C3C=NC=C[N+]3(C)C(c3ccc(NC(=O)c4cc5c(OC)cccc5n4C)c(OC)c3)=N2)CC1. The van der Waals surface area contributed by atoms with Gasteiger partial charge >= 0.3 is 6.09 Å². The van der Waals surface area contributed by atoms with Crippen molar-refractivity contribution < 1.29 is 28.3 Å².